The zero-order chi connectivity index (χ0) is 18.0. The van der Waals surface area contributed by atoms with E-state index in [0.29, 0.717) is 12.2 Å². The summed E-state index contributed by atoms with van der Waals surface area (Å²) in [5.74, 6) is 0.111. The first kappa shape index (κ1) is 17.2. The number of hydrogen-bond acceptors (Lipinski definition) is 6. The molecule has 3 rings (SSSR count). The molecule has 0 unspecified atom stereocenters. The second kappa shape index (κ2) is 6.67. The van der Waals surface area contributed by atoms with Crippen molar-refractivity contribution in [3.05, 3.63) is 64.1 Å². The molecule has 0 aliphatic carbocycles. The van der Waals surface area contributed by atoms with Gasteiger partial charge in [-0.25, -0.2) is 8.42 Å². The fourth-order valence-corrected chi connectivity index (χ4v) is 4.58. The number of benzene rings is 1. The molecule has 0 radical (unpaired) electrons. The number of non-ortho nitro benzene ring substituents is 1. The normalized spacial score (nSPS) is 18.8. The largest absolute Gasteiger partial charge is 0.467 e. The molecule has 2 heterocycles. The van der Waals surface area contributed by atoms with Crippen molar-refractivity contribution in [2.24, 2.45) is 0 Å². The van der Waals surface area contributed by atoms with E-state index in [2.05, 4.69) is 0 Å². The number of nitrogens with zero attached hydrogens (tertiary/aromatic N) is 2. The van der Waals surface area contributed by atoms with E-state index >= 15 is 0 Å². The summed E-state index contributed by atoms with van der Waals surface area (Å²) in [6, 6.07) is 8.21. The molecule has 1 aromatic carbocycles. The molecule has 1 aliphatic heterocycles. The molecule has 0 saturated carbocycles. The summed E-state index contributed by atoms with van der Waals surface area (Å²) in [4.78, 5) is 24.5. The fourth-order valence-electron chi connectivity index (χ4n) is 2.85. The number of hydrogen-bond donors (Lipinski definition) is 0. The average molecular weight is 364 g/mol. The van der Waals surface area contributed by atoms with E-state index < -0.39 is 20.8 Å². The number of amides is 1. The molecule has 25 heavy (non-hydrogen) atoms. The van der Waals surface area contributed by atoms with Crippen molar-refractivity contribution in [1.82, 2.24) is 4.90 Å². The van der Waals surface area contributed by atoms with Crippen LogP contribution in [0.4, 0.5) is 5.69 Å². The quantitative estimate of drug-likeness (QED) is 0.593. The number of carbonyl (C=O) groups is 1. The first-order chi connectivity index (χ1) is 11.9. The van der Waals surface area contributed by atoms with Gasteiger partial charge in [-0.2, -0.15) is 0 Å². The van der Waals surface area contributed by atoms with Crippen LogP contribution in [0.2, 0.25) is 0 Å². The Morgan fingerprint density at radius 1 is 1.28 bits per heavy atom. The molecule has 132 valence electrons. The molecule has 2 aromatic rings. The van der Waals surface area contributed by atoms with Gasteiger partial charge in [0.2, 0.25) is 0 Å². The molecular formula is C16H16N2O6S. The minimum absolute atomic E-state index is 0.0415. The number of rotatable bonds is 5. The molecule has 1 atom stereocenters. The van der Waals surface area contributed by atoms with Crippen molar-refractivity contribution in [3.63, 3.8) is 0 Å². The Bertz CT molecular complexity index is 874. The van der Waals surface area contributed by atoms with Crippen molar-refractivity contribution in [2.75, 3.05) is 11.5 Å². The van der Waals surface area contributed by atoms with Gasteiger partial charge in [0, 0.05) is 23.7 Å². The van der Waals surface area contributed by atoms with E-state index in [1.54, 1.807) is 12.1 Å². The Kier molecular flexibility index (Phi) is 4.58. The zero-order valence-corrected chi connectivity index (χ0v) is 14.0. The molecule has 9 heteroatoms. The standard InChI is InChI=1S/C16H16N2O6S/c19-16(12-3-5-13(6-4-12)18(20)21)17(10-15-2-1-8-24-15)14-7-9-25(22,23)11-14/h1-6,8,14H,7,9-11H2/t14-/m1/s1. The van der Waals surface area contributed by atoms with Gasteiger partial charge in [0.05, 0.1) is 29.2 Å². The van der Waals surface area contributed by atoms with Gasteiger partial charge in [0.25, 0.3) is 11.6 Å². The Morgan fingerprint density at radius 2 is 2.00 bits per heavy atom. The lowest BCUT2D eigenvalue weighted by molar-refractivity contribution is -0.384. The second-order valence-electron chi connectivity index (χ2n) is 5.87. The highest BCUT2D eigenvalue weighted by molar-refractivity contribution is 7.91. The van der Waals surface area contributed by atoms with Crippen LogP contribution in [0.5, 0.6) is 0 Å². The van der Waals surface area contributed by atoms with E-state index in [0.717, 1.165) is 0 Å². The highest BCUT2D eigenvalue weighted by Gasteiger charge is 2.35. The van der Waals surface area contributed by atoms with Gasteiger partial charge in [-0.1, -0.05) is 0 Å². The van der Waals surface area contributed by atoms with Crippen molar-refractivity contribution in [3.8, 4) is 0 Å². The van der Waals surface area contributed by atoms with E-state index in [9.17, 15) is 23.3 Å². The average Bonchev–Trinajstić information content (AvgIpc) is 3.21. The summed E-state index contributed by atoms with van der Waals surface area (Å²) in [6.45, 7) is 0.142. The summed E-state index contributed by atoms with van der Waals surface area (Å²) >= 11 is 0. The van der Waals surface area contributed by atoms with E-state index in [1.807, 2.05) is 0 Å². The highest BCUT2D eigenvalue weighted by Crippen LogP contribution is 2.23. The van der Waals surface area contributed by atoms with E-state index in [1.165, 1.54) is 35.4 Å². The van der Waals surface area contributed by atoms with Crippen molar-refractivity contribution in [1.29, 1.82) is 0 Å². The predicted molar refractivity (Wildman–Crippen MR) is 88.7 cm³/mol. The van der Waals surface area contributed by atoms with Crippen molar-refractivity contribution >= 4 is 21.4 Å². The third-order valence-corrected chi connectivity index (χ3v) is 5.89. The van der Waals surface area contributed by atoms with Gasteiger partial charge < -0.3 is 9.32 Å². The minimum atomic E-state index is -3.17. The molecule has 0 spiro atoms. The smallest absolute Gasteiger partial charge is 0.269 e. The van der Waals surface area contributed by atoms with Gasteiger partial charge >= 0.3 is 0 Å². The molecule has 0 N–H and O–H groups in total. The summed E-state index contributed by atoms with van der Waals surface area (Å²) in [7, 11) is -3.17. The lowest BCUT2D eigenvalue weighted by Crippen LogP contribution is -2.40. The molecule has 1 fully saturated rings. The third kappa shape index (κ3) is 3.87. The van der Waals surface area contributed by atoms with Crippen LogP contribution >= 0.6 is 0 Å². The number of carbonyl (C=O) groups excluding carboxylic acids is 1. The summed E-state index contributed by atoms with van der Waals surface area (Å²) < 4.78 is 28.9. The van der Waals surface area contributed by atoms with E-state index in [-0.39, 0.29) is 35.2 Å². The van der Waals surface area contributed by atoms with Gasteiger partial charge in [0.15, 0.2) is 9.84 Å². The Hall–Kier alpha value is -2.68. The topological polar surface area (TPSA) is 111 Å². The maximum Gasteiger partial charge on any atom is 0.269 e. The first-order valence-corrected chi connectivity index (χ1v) is 9.46. The van der Waals surface area contributed by atoms with Crippen LogP contribution in [-0.4, -0.2) is 41.7 Å². The van der Waals surface area contributed by atoms with Gasteiger partial charge in [-0.15, -0.1) is 0 Å². The molecule has 1 saturated heterocycles. The van der Waals surface area contributed by atoms with Gasteiger partial charge in [-0.05, 0) is 30.7 Å². The summed E-state index contributed by atoms with van der Waals surface area (Å²) in [5.41, 5.74) is 0.152. The first-order valence-electron chi connectivity index (χ1n) is 7.64. The predicted octanol–water partition coefficient (Wildman–Crippen LogP) is 2.02. The fraction of sp³-hybridized carbons (Fsp3) is 0.312. The summed E-state index contributed by atoms with van der Waals surface area (Å²) in [6.07, 6.45) is 1.84. The Balaban J connectivity index is 1.87. The van der Waals surface area contributed by atoms with Crippen LogP contribution in [0.3, 0.4) is 0 Å². The maximum absolute atomic E-state index is 12.9. The number of sulfone groups is 1. The molecule has 0 bridgehead atoms. The molecule has 1 amide bonds. The van der Waals surface area contributed by atoms with Crippen LogP contribution in [-0.2, 0) is 16.4 Å². The zero-order valence-electron chi connectivity index (χ0n) is 13.2. The summed E-state index contributed by atoms with van der Waals surface area (Å²) in [5, 5.41) is 10.7. The minimum Gasteiger partial charge on any atom is -0.467 e. The molecule has 1 aromatic heterocycles. The van der Waals surface area contributed by atoms with Crippen LogP contribution in [0, 0.1) is 10.1 Å². The van der Waals surface area contributed by atoms with Gasteiger partial charge in [-0.3, -0.25) is 14.9 Å². The van der Waals surface area contributed by atoms with Crippen LogP contribution < -0.4 is 0 Å². The van der Waals surface area contributed by atoms with Crippen molar-refractivity contribution < 1.29 is 22.6 Å². The second-order valence-corrected chi connectivity index (χ2v) is 8.10. The number of furan rings is 1. The monoisotopic (exact) mass is 364 g/mol. The van der Waals surface area contributed by atoms with Crippen LogP contribution in [0.25, 0.3) is 0 Å². The van der Waals surface area contributed by atoms with Crippen LogP contribution in [0.15, 0.2) is 47.1 Å². The molecule has 8 nitrogen and oxygen atoms in total. The lowest BCUT2D eigenvalue weighted by atomic mass is 10.1. The number of nitro groups is 1. The maximum atomic E-state index is 12.9. The molecular weight excluding hydrogens is 348 g/mol. The third-order valence-electron chi connectivity index (χ3n) is 4.14. The van der Waals surface area contributed by atoms with E-state index in [4.69, 9.17) is 4.42 Å². The SMILES string of the molecule is O=C(c1ccc([N+](=O)[O-])cc1)N(Cc1ccco1)[C@@H]1CCS(=O)(=O)C1. The van der Waals surface area contributed by atoms with Crippen LogP contribution in [0.1, 0.15) is 22.5 Å². The van der Waals surface area contributed by atoms with Gasteiger partial charge in [0.1, 0.15) is 5.76 Å². The highest BCUT2D eigenvalue weighted by atomic mass is 32.2. The number of nitro benzene ring substituents is 1. The Morgan fingerprint density at radius 3 is 2.52 bits per heavy atom. The lowest BCUT2D eigenvalue weighted by Gasteiger charge is -2.27. The molecule has 1 aliphatic rings. The van der Waals surface area contributed by atoms with Crippen molar-refractivity contribution in [2.45, 2.75) is 19.0 Å². The Labute approximate surface area is 144 Å².